The van der Waals surface area contributed by atoms with Crippen LogP contribution >= 0.6 is 58.2 Å². The van der Waals surface area contributed by atoms with Crippen molar-refractivity contribution in [2.75, 3.05) is 12.3 Å². The van der Waals surface area contributed by atoms with E-state index in [0.29, 0.717) is 38.0 Å². The van der Waals surface area contributed by atoms with Crippen LogP contribution in [0.3, 0.4) is 0 Å². The number of carbonyl (C=O) groups excluding carboxylic acids is 2. The second-order valence-corrected chi connectivity index (χ2v) is 9.15. The first kappa shape index (κ1) is 25.2. The minimum absolute atomic E-state index is 0.142. The van der Waals surface area contributed by atoms with Crippen molar-refractivity contribution >= 4 is 70.0 Å². The van der Waals surface area contributed by atoms with Crippen LogP contribution in [0.1, 0.15) is 25.0 Å². The standard InChI is InChI=1S/C21H22Cl4N2O2S/c1-3-26-21(29)13(2)27(10-15-16(22)5-4-6-17(15)23)20(28)12-30-11-14-7-8-18(24)19(25)9-14/h4-9,13H,3,10-12H2,1-2H3,(H,26,29)/t13-/m1/s1. The number of likely N-dealkylation sites (N-methyl/N-ethyl adjacent to an activating group) is 1. The summed E-state index contributed by atoms with van der Waals surface area (Å²) in [7, 11) is 0. The van der Waals surface area contributed by atoms with E-state index in [0.717, 1.165) is 5.56 Å². The molecular weight excluding hydrogens is 486 g/mol. The van der Waals surface area contributed by atoms with Crippen molar-refractivity contribution in [1.29, 1.82) is 0 Å². The average Bonchev–Trinajstić information content (AvgIpc) is 2.70. The molecule has 0 spiro atoms. The molecule has 30 heavy (non-hydrogen) atoms. The normalized spacial score (nSPS) is 11.8. The summed E-state index contributed by atoms with van der Waals surface area (Å²) in [6.07, 6.45) is 0. The molecule has 1 atom stereocenters. The Morgan fingerprint density at radius 2 is 1.70 bits per heavy atom. The predicted molar refractivity (Wildman–Crippen MR) is 128 cm³/mol. The van der Waals surface area contributed by atoms with E-state index < -0.39 is 6.04 Å². The Morgan fingerprint density at radius 3 is 2.30 bits per heavy atom. The Morgan fingerprint density at radius 1 is 1.03 bits per heavy atom. The summed E-state index contributed by atoms with van der Waals surface area (Å²) in [5.74, 6) is 0.351. The Kier molecular flexibility index (Phi) is 10.1. The maximum absolute atomic E-state index is 13.0. The van der Waals surface area contributed by atoms with Crippen molar-refractivity contribution < 1.29 is 9.59 Å². The van der Waals surface area contributed by atoms with Crippen LogP contribution in [0.4, 0.5) is 0 Å². The molecule has 9 heteroatoms. The number of thioether (sulfide) groups is 1. The molecule has 0 aliphatic rings. The molecule has 162 valence electrons. The monoisotopic (exact) mass is 506 g/mol. The van der Waals surface area contributed by atoms with Crippen molar-refractivity contribution in [1.82, 2.24) is 10.2 Å². The van der Waals surface area contributed by atoms with E-state index in [1.54, 1.807) is 37.3 Å². The Balaban J connectivity index is 2.13. The molecule has 0 unspecified atom stereocenters. The average molecular weight is 508 g/mol. The van der Waals surface area contributed by atoms with Gasteiger partial charge in [-0.15, -0.1) is 11.8 Å². The van der Waals surface area contributed by atoms with Gasteiger partial charge in [0.2, 0.25) is 11.8 Å². The van der Waals surface area contributed by atoms with Gasteiger partial charge in [-0.2, -0.15) is 0 Å². The largest absolute Gasteiger partial charge is 0.355 e. The van der Waals surface area contributed by atoms with Crippen LogP contribution in [-0.2, 0) is 21.9 Å². The van der Waals surface area contributed by atoms with Gasteiger partial charge in [0.15, 0.2) is 0 Å². The van der Waals surface area contributed by atoms with Crippen LogP contribution in [-0.4, -0.2) is 35.1 Å². The van der Waals surface area contributed by atoms with Gasteiger partial charge in [0, 0.05) is 34.5 Å². The summed E-state index contributed by atoms with van der Waals surface area (Å²) in [4.78, 5) is 26.9. The lowest BCUT2D eigenvalue weighted by molar-refractivity contribution is -0.138. The fourth-order valence-corrected chi connectivity index (χ4v) is 4.42. The molecule has 0 saturated carbocycles. The highest BCUT2D eigenvalue weighted by atomic mass is 35.5. The Hall–Kier alpha value is -1.11. The summed E-state index contributed by atoms with van der Waals surface area (Å²) in [6, 6.07) is 9.85. The van der Waals surface area contributed by atoms with E-state index in [2.05, 4.69) is 5.32 Å². The minimum Gasteiger partial charge on any atom is -0.355 e. The zero-order valence-corrected chi connectivity index (χ0v) is 20.4. The van der Waals surface area contributed by atoms with Crippen molar-refractivity contribution in [3.8, 4) is 0 Å². The Bertz CT molecular complexity index is 890. The minimum atomic E-state index is -0.671. The third-order valence-electron chi connectivity index (χ3n) is 4.39. The van der Waals surface area contributed by atoms with Gasteiger partial charge >= 0.3 is 0 Å². The highest BCUT2D eigenvalue weighted by molar-refractivity contribution is 7.99. The lowest BCUT2D eigenvalue weighted by Crippen LogP contribution is -2.48. The molecule has 2 aromatic rings. The van der Waals surface area contributed by atoms with Gasteiger partial charge in [-0.3, -0.25) is 9.59 Å². The summed E-state index contributed by atoms with van der Waals surface area (Å²) < 4.78 is 0. The van der Waals surface area contributed by atoms with E-state index in [1.165, 1.54) is 16.7 Å². The number of rotatable bonds is 9. The molecule has 0 fully saturated rings. The molecule has 2 aromatic carbocycles. The van der Waals surface area contributed by atoms with Gasteiger partial charge < -0.3 is 10.2 Å². The molecular formula is C21H22Cl4N2O2S. The van der Waals surface area contributed by atoms with E-state index in [4.69, 9.17) is 46.4 Å². The number of amides is 2. The third-order valence-corrected chi connectivity index (χ3v) is 6.82. The maximum Gasteiger partial charge on any atom is 0.242 e. The molecule has 0 aromatic heterocycles. The quantitative estimate of drug-likeness (QED) is 0.447. The fraction of sp³-hybridized carbons (Fsp3) is 0.333. The van der Waals surface area contributed by atoms with Gasteiger partial charge in [-0.25, -0.2) is 0 Å². The fourth-order valence-electron chi connectivity index (χ4n) is 2.73. The van der Waals surface area contributed by atoms with E-state index in [1.807, 2.05) is 13.0 Å². The SMILES string of the molecule is CCNC(=O)[C@@H](C)N(Cc1c(Cl)cccc1Cl)C(=O)CSCc1ccc(Cl)c(Cl)c1. The first-order chi connectivity index (χ1) is 14.2. The number of carbonyl (C=O) groups is 2. The van der Waals surface area contributed by atoms with Crippen LogP contribution in [0.15, 0.2) is 36.4 Å². The smallest absolute Gasteiger partial charge is 0.242 e. The zero-order chi connectivity index (χ0) is 22.3. The summed E-state index contributed by atoms with van der Waals surface area (Å²) >= 11 is 26.0. The van der Waals surface area contributed by atoms with Gasteiger partial charge in [0.25, 0.3) is 0 Å². The lowest BCUT2D eigenvalue weighted by atomic mass is 10.1. The number of halogens is 4. The molecule has 4 nitrogen and oxygen atoms in total. The highest BCUT2D eigenvalue weighted by Crippen LogP contribution is 2.28. The summed E-state index contributed by atoms with van der Waals surface area (Å²) in [5, 5.41) is 4.62. The molecule has 0 heterocycles. The maximum atomic E-state index is 13.0. The molecule has 0 bridgehead atoms. The molecule has 2 rings (SSSR count). The molecule has 0 aliphatic carbocycles. The van der Waals surface area contributed by atoms with Crippen LogP contribution < -0.4 is 5.32 Å². The van der Waals surface area contributed by atoms with Crippen molar-refractivity contribution in [3.63, 3.8) is 0 Å². The predicted octanol–water partition coefficient (Wildman–Crippen LogP) is 6.09. The lowest BCUT2D eigenvalue weighted by Gasteiger charge is -2.29. The van der Waals surface area contributed by atoms with Crippen molar-refractivity contribution in [2.45, 2.75) is 32.2 Å². The van der Waals surface area contributed by atoms with Crippen LogP contribution in [0.2, 0.25) is 20.1 Å². The molecule has 2 amide bonds. The van der Waals surface area contributed by atoms with Gasteiger partial charge in [0.1, 0.15) is 6.04 Å². The van der Waals surface area contributed by atoms with E-state index in [-0.39, 0.29) is 24.1 Å². The van der Waals surface area contributed by atoms with E-state index in [9.17, 15) is 9.59 Å². The van der Waals surface area contributed by atoms with Gasteiger partial charge in [0.05, 0.1) is 15.8 Å². The van der Waals surface area contributed by atoms with E-state index >= 15 is 0 Å². The number of hydrogen-bond donors (Lipinski definition) is 1. The molecule has 1 N–H and O–H groups in total. The molecule has 0 radical (unpaired) electrons. The van der Waals surface area contributed by atoms with Crippen molar-refractivity contribution in [3.05, 3.63) is 67.6 Å². The zero-order valence-electron chi connectivity index (χ0n) is 16.6. The number of hydrogen-bond acceptors (Lipinski definition) is 3. The molecule has 0 saturated heterocycles. The first-order valence-corrected chi connectivity index (χ1v) is 11.9. The highest BCUT2D eigenvalue weighted by Gasteiger charge is 2.27. The van der Waals surface area contributed by atoms with Crippen LogP contribution in [0.5, 0.6) is 0 Å². The van der Waals surface area contributed by atoms with Crippen molar-refractivity contribution in [2.24, 2.45) is 0 Å². The second-order valence-electron chi connectivity index (χ2n) is 6.53. The third kappa shape index (κ3) is 6.96. The summed E-state index contributed by atoms with van der Waals surface area (Å²) in [5.41, 5.74) is 1.57. The number of benzene rings is 2. The first-order valence-electron chi connectivity index (χ1n) is 9.26. The van der Waals surface area contributed by atoms with Gasteiger partial charge in [-0.1, -0.05) is 58.5 Å². The number of nitrogens with zero attached hydrogens (tertiary/aromatic N) is 1. The van der Waals surface area contributed by atoms with Crippen LogP contribution in [0.25, 0.3) is 0 Å². The van der Waals surface area contributed by atoms with Crippen LogP contribution in [0, 0.1) is 0 Å². The summed E-state index contributed by atoms with van der Waals surface area (Å²) in [6.45, 7) is 4.14. The second kappa shape index (κ2) is 12.1. The van der Waals surface area contributed by atoms with Gasteiger partial charge in [-0.05, 0) is 43.7 Å². The number of nitrogens with one attached hydrogen (secondary N) is 1. The molecule has 0 aliphatic heterocycles. The Labute approximate surface area is 201 Å². The topological polar surface area (TPSA) is 49.4 Å².